The third kappa shape index (κ3) is 3.76. The van der Waals surface area contributed by atoms with Crippen LogP contribution in [0.2, 0.25) is 0 Å². The molecule has 0 aliphatic heterocycles. The molecule has 0 amide bonds. The largest absolute Gasteiger partial charge is 0.387 e. The molecule has 52 valence electrons. The molecule has 0 radical (unpaired) electrons. The zero-order valence-electron chi connectivity index (χ0n) is 6.15. The molecule has 0 aliphatic carbocycles. The zero-order chi connectivity index (χ0) is 7.28. The minimum absolute atomic E-state index is 0.668. The molecular weight excluding hydrogens is 112 g/mol. The van der Waals surface area contributed by atoms with Crippen LogP contribution in [0.3, 0.4) is 0 Å². The number of hydrogen-bond acceptors (Lipinski definition) is 1. The molecule has 0 saturated carbocycles. The fourth-order valence-electron chi connectivity index (χ4n) is 0.361. The van der Waals surface area contributed by atoms with Crippen LogP contribution in [0.25, 0.3) is 0 Å². The van der Waals surface area contributed by atoms with Crippen molar-refractivity contribution >= 4 is 5.84 Å². The Hall–Kier alpha value is -0.790. The van der Waals surface area contributed by atoms with Crippen LogP contribution in [0.4, 0.5) is 0 Å². The number of rotatable bonds is 3. The van der Waals surface area contributed by atoms with Crippen LogP contribution < -0.4 is 5.73 Å². The summed E-state index contributed by atoms with van der Waals surface area (Å²) in [5, 5.41) is 0. The highest BCUT2D eigenvalue weighted by molar-refractivity contribution is 5.80. The fourth-order valence-corrected chi connectivity index (χ4v) is 0.361. The van der Waals surface area contributed by atoms with Crippen molar-refractivity contribution in [2.75, 3.05) is 0 Å². The van der Waals surface area contributed by atoms with Gasteiger partial charge in [-0.3, -0.25) is 0 Å². The Morgan fingerprint density at radius 2 is 2.00 bits per heavy atom. The first-order chi connectivity index (χ1) is 4.20. The van der Waals surface area contributed by atoms with Gasteiger partial charge in [-0.25, -0.2) is 4.99 Å². The predicted octanol–water partition coefficient (Wildman–Crippen LogP) is 1.68. The molecule has 0 fully saturated rings. The molecule has 0 spiro atoms. The van der Waals surface area contributed by atoms with E-state index < -0.39 is 0 Å². The summed E-state index contributed by atoms with van der Waals surface area (Å²) in [6.45, 7) is 7.68. The Labute approximate surface area is 56.5 Å². The lowest BCUT2D eigenvalue weighted by Crippen LogP contribution is -2.09. The molecule has 0 saturated heterocycles. The lowest BCUT2D eigenvalue weighted by atomic mass is 10.4. The van der Waals surface area contributed by atoms with Gasteiger partial charge in [-0.15, -0.1) is 0 Å². The first kappa shape index (κ1) is 8.21. The monoisotopic (exact) mass is 126 g/mol. The minimum Gasteiger partial charge on any atom is -0.387 e. The van der Waals surface area contributed by atoms with Gasteiger partial charge in [-0.2, -0.15) is 0 Å². The highest BCUT2D eigenvalue weighted by atomic mass is 14.9. The summed E-state index contributed by atoms with van der Waals surface area (Å²) in [4.78, 5) is 4.01. The van der Waals surface area contributed by atoms with E-state index in [9.17, 15) is 0 Å². The molecule has 0 rings (SSSR count). The maximum absolute atomic E-state index is 5.44. The summed E-state index contributed by atoms with van der Waals surface area (Å²) >= 11 is 0. The van der Waals surface area contributed by atoms with Crippen LogP contribution in [-0.2, 0) is 0 Å². The van der Waals surface area contributed by atoms with Gasteiger partial charge in [0, 0.05) is 12.1 Å². The van der Waals surface area contributed by atoms with Crippen LogP contribution in [0.5, 0.6) is 0 Å². The standard InChI is InChI=1S/C7H14N2/c1-4-6(3)9-7(8)5-2/h3-5H2,1-2H3,(H2,8,9). The highest BCUT2D eigenvalue weighted by Gasteiger charge is 1.86. The number of amidine groups is 1. The first-order valence-electron chi connectivity index (χ1n) is 3.21. The van der Waals surface area contributed by atoms with Gasteiger partial charge in [-0.05, 0) is 6.42 Å². The summed E-state index contributed by atoms with van der Waals surface area (Å²) in [6, 6.07) is 0. The van der Waals surface area contributed by atoms with Gasteiger partial charge in [0.15, 0.2) is 0 Å². The molecule has 0 heterocycles. The summed E-state index contributed by atoms with van der Waals surface area (Å²) in [5.41, 5.74) is 6.29. The molecule has 0 aromatic carbocycles. The third-order valence-electron chi connectivity index (χ3n) is 1.07. The minimum atomic E-state index is 0.668. The van der Waals surface area contributed by atoms with Crippen molar-refractivity contribution in [3.63, 3.8) is 0 Å². The van der Waals surface area contributed by atoms with Gasteiger partial charge in [-0.1, -0.05) is 20.4 Å². The Morgan fingerprint density at radius 1 is 1.44 bits per heavy atom. The number of nitrogens with zero attached hydrogens (tertiary/aromatic N) is 1. The van der Waals surface area contributed by atoms with Gasteiger partial charge in [0.25, 0.3) is 0 Å². The van der Waals surface area contributed by atoms with Crippen molar-refractivity contribution in [3.8, 4) is 0 Å². The lowest BCUT2D eigenvalue weighted by Gasteiger charge is -1.95. The Kier molecular flexibility index (Phi) is 3.76. The van der Waals surface area contributed by atoms with E-state index in [0.29, 0.717) is 5.84 Å². The van der Waals surface area contributed by atoms with Crippen molar-refractivity contribution in [3.05, 3.63) is 12.3 Å². The maximum atomic E-state index is 5.44. The number of hydrogen-bond donors (Lipinski definition) is 1. The Morgan fingerprint density at radius 3 is 2.33 bits per heavy atom. The molecule has 0 unspecified atom stereocenters. The maximum Gasteiger partial charge on any atom is 0.0989 e. The predicted molar refractivity (Wildman–Crippen MR) is 41.3 cm³/mol. The van der Waals surface area contributed by atoms with E-state index in [1.165, 1.54) is 0 Å². The average Bonchev–Trinajstić information content (AvgIpc) is 1.87. The topological polar surface area (TPSA) is 38.4 Å². The molecule has 0 aromatic heterocycles. The second kappa shape index (κ2) is 4.13. The van der Waals surface area contributed by atoms with Gasteiger partial charge in [0.1, 0.15) is 0 Å². The summed E-state index contributed by atoms with van der Waals surface area (Å²) in [7, 11) is 0. The number of nitrogens with two attached hydrogens (primary N) is 1. The molecule has 0 atom stereocenters. The van der Waals surface area contributed by atoms with Crippen LogP contribution in [0.1, 0.15) is 26.7 Å². The lowest BCUT2D eigenvalue weighted by molar-refractivity contribution is 1.06. The SMILES string of the molecule is C=C(CC)/N=C(/N)CC. The average molecular weight is 126 g/mol. The van der Waals surface area contributed by atoms with Gasteiger partial charge in [0.2, 0.25) is 0 Å². The second-order valence-corrected chi connectivity index (χ2v) is 1.88. The van der Waals surface area contributed by atoms with Crippen molar-refractivity contribution in [2.45, 2.75) is 26.7 Å². The molecule has 0 aliphatic rings. The fraction of sp³-hybridized carbons (Fsp3) is 0.571. The molecule has 2 heteroatoms. The van der Waals surface area contributed by atoms with E-state index in [1.807, 2.05) is 13.8 Å². The van der Waals surface area contributed by atoms with Crippen LogP contribution >= 0.6 is 0 Å². The highest BCUT2D eigenvalue weighted by Crippen LogP contribution is 1.97. The van der Waals surface area contributed by atoms with Crippen molar-refractivity contribution in [1.82, 2.24) is 0 Å². The van der Waals surface area contributed by atoms with Crippen LogP contribution in [0.15, 0.2) is 17.3 Å². The third-order valence-corrected chi connectivity index (χ3v) is 1.07. The quantitative estimate of drug-likeness (QED) is 0.453. The van der Waals surface area contributed by atoms with Crippen molar-refractivity contribution < 1.29 is 0 Å². The normalized spacial score (nSPS) is 11.6. The van der Waals surface area contributed by atoms with E-state index in [2.05, 4.69) is 11.6 Å². The van der Waals surface area contributed by atoms with Crippen molar-refractivity contribution in [1.29, 1.82) is 0 Å². The van der Waals surface area contributed by atoms with Crippen LogP contribution in [0, 0.1) is 0 Å². The van der Waals surface area contributed by atoms with E-state index >= 15 is 0 Å². The van der Waals surface area contributed by atoms with E-state index in [0.717, 1.165) is 18.5 Å². The molecular formula is C7H14N2. The number of aliphatic imine (C=N–C) groups is 1. The van der Waals surface area contributed by atoms with E-state index in [4.69, 9.17) is 5.73 Å². The van der Waals surface area contributed by atoms with Crippen molar-refractivity contribution in [2.24, 2.45) is 10.7 Å². The number of allylic oxidation sites excluding steroid dienone is 1. The Bertz CT molecular complexity index is 125. The summed E-state index contributed by atoms with van der Waals surface area (Å²) < 4.78 is 0. The smallest absolute Gasteiger partial charge is 0.0989 e. The molecule has 9 heavy (non-hydrogen) atoms. The molecule has 0 aromatic rings. The second-order valence-electron chi connectivity index (χ2n) is 1.88. The molecule has 0 bridgehead atoms. The van der Waals surface area contributed by atoms with Gasteiger partial charge < -0.3 is 5.73 Å². The van der Waals surface area contributed by atoms with Crippen LogP contribution in [-0.4, -0.2) is 5.84 Å². The summed E-state index contributed by atoms with van der Waals surface area (Å²) in [5.74, 6) is 0.668. The first-order valence-corrected chi connectivity index (χ1v) is 3.21. The zero-order valence-corrected chi connectivity index (χ0v) is 6.15. The van der Waals surface area contributed by atoms with E-state index in [-0.39, 0.29) is 0 Å². The van der Waals surface area contributed by atoms with Gasteiger partial charge >= 0.3 is 0 Å². The van der Waals surface area contributed by atoms with E-state index in [1.54, 1.807) is 0 Å². The molecule has 2 nitrogen and oxygen atoms in total. The van der Waals surface area contributed by atoms with Gasteiger partial charge in [0.05, 0.1) is 5.84 Å². The summed E-state index contributed by atoms with van der Waals surface area (Å²) in [6.07, 6.45) is 1.68. The Balaban J connectivity index is 3.79. The molecule has 2 N–H and O–H groups in total.